The summed E-state index contributed by atoms with van der Waals surface area (Å²) in [6, 6.07) is 15.5. The maximum Gasteiger partial charge on any atom is 0.196 e. The maximum absolute atomic E-state index is 5.89. The van der Waals surface area contributed by atoms with Gasteiger partial charge in [0, 0.05) is 11.1 Å². The predicted molar refractivity (Wildman–Crippen MR) is 92.8 cm³/mol. The van der Waals surface area contributed by atoms with Crippen LogP contribution < -0.4 is 10.1 Å². The summed E-state index contributed by atoms with van der Waals surface area (Å²) in [7, 11) is 1.64. The van der Waals surface area contributed by atoms with Crippen molar-refractivity contribution in [2.24, 2.45) is 0 Å². The zero-order chi connectivity index (χ0) is 14.9. The van der Waals surface area contributed by atoms with E-state index >= 15 is 0 Å². The topological polar surface area (TPSA) is 60.2 Å². The largest absolute Gasteiger partial charge is 0.497 e. The van der Waals surface area contributed by atoms with Crippen molar-refractivity contribution < 1.29 is 9.15 Å². The lowest BCUT2D eigenvalue weighted by Crippen LogP contribution is -1.94. The molecule has 116 valence electrons. The Morgan fingerprint density at radius 1 is 1.00 bits per heavy atom. The zero-order valence-corrected chi connectivity index (χ0v) is 13.1. The number of halogens is 1. The monoisotopic (exact) mass is 327 g/mol. The van der Waals surface area contributed by atoms with Gasteiger partial charge in [-0.05, 0) is 36.4 Å². The Kier molecular flexibility index (Phi) is 4.04. The second-order valence-corrected chi connectivity index (χ2v) is 4.85. The molecule has 2 heterocycles. The molecule has 0 aliphatic rings. The number of ether oxygens (including phenoxy) is 1. The third-order valence-electron chi connectivity index (χ3n) is 3.51. The number of aromatic nitrogens is 2. The molecule has 1 N–H and O–H groups in total. The van der Waals surface area contributed by atoms with Gasteiger partial charge < -0.3 is 14.5 Å². The molecule has 0 aliphatic carbocycles. The third kappa shape index (κ3) is 2.66. The van der Waals surface area contributed by atoms with Crippen LogP contribution in [0.5, 0.6) is 5.75 Å². The first kappa shape index (κ1) is 15.1. The minimum atomic E-state index is 0. The Hall–Kier alpha value is -2.79. The molecule has 2 aromatic carbocycles. The Labute approximate surface area is 138 Å². The number of nitrogens with one attached hydrogen (secondary N) is 1. The Morgan fingerprint density at radius 3 is 2.57 bits per heavy atom. The van der Waals surface area contributed by atoms with Crippen LogP contribution in [0.3, 0.4) is 0 Å². The molecule has 0 atom stereocenters. The molecule has 0 aliphatic heterocycles. The molecular weight excluding hydrogens is 314 g/mol. The second-order valence-electron chi connectivity index (χ2n) is 4.85. The summed E-state index contributed by atoms with van der Waals surface area (Å²) < 4.78 is 11.0. The Balaban J connectivity index is 0.00000156. The number of benzene rings is 2. The molecule has 0 bridgehead atoms. The number of hydrogen-bond acceptors (Lipinski definition) is 5. The van der Waals surface area contributed by atoms with Crippen LogP contribution in [0.25, 0.3) is 22.1 Å². The number of rotatable bonds is 3. The Bertz CT molecular complexity index is 951. The first-order valence-electron chi connectivity index (χ1n) is 6.88. The van der Waals surface area contributed by atoms with E-state index in [1.165, 1.54) is 6.33 Å². The summed E-state index contributed by atoms with van der Waals surface area (Å²) in [6.07, 6.45) is 1.54. The molecule has 0 radical (unpaired) electrons. The summed E-state index contributed by atoms with van der Waals surface area (Å²) in [5, 5.41) is 4.24. The van der Waals surface area contributed by atoms with Gasteiger partial charge in [-0.15, -0.1) is 12.4 Å². The fourth-order valence-corrected chi connectivity index (χ4v) is 2.42. The van der Waals surface area contributed by atoms with Gasteiger partial charge in [-0.2, -0.15) is 0 Å². The minimum Gasteiger partial charge on any atom is -0.497 e. The van der Waals surface area contributed by atoms with Gasteiger partial charge in [0.25, 0.3) is 0 Å². The summed E-state index contributed by atoms with van der Waals surface area (Å²) in [6.45, 7) is 0. The van der Waals surface area contributed by atoms with Gasteiger partial charge in [-0.3, -0.25) is 0 Å². The van der Waals surface area contributed by atoms with E-state index < -0.39 is 0 Å². The lowest BCUT2D eigenvalue weighted by molar-refractivity contribution is 0.415. The number of fused-ring (bicyclic) bond motifs is 3. The van der Waals surface area contributed by atoms with Crippen LogP contribution in [0.1, 0.15) is 0 Å². The number of furan rings is 1. The maximum atomic E-state index is 5.89. The van der Waals surface area contributed by atoms with Crippen LogP contribution in [0, 0.1) is 0 Å². The Morgan fingerprint density at radius 2 is 1.78 bits per heavy atom. The molecular formula is C17H14ClN3O2. The van der Waals surface area contributed by atoms with Crippen LogP contribution in [0.2, 0.25) is 0 Å². The van der Waals surface area contributed by atoms with Crippen LogP contribution in [0.15, 0.2) is 59.3 Å². The average molecular weight is 328 g/mol. The molecule has 5 nitrogen and oxygen atoms in total. The molecule has 4 aromatic rings. The molecule has 23 heavy (non-hydrogen) atoms. The van der Waals surface area contributed by atoms with Crippen molar-refractivity contribution in [3.05, 3.63) is 54.9 Å². The van der Waals surface area contributed by atoms with Crippen molar-refractivity contribution in [3.63, 3.8) is 0 Å². The fourth-order valence-electron chi connectivity index (χ4n) is 2.42. The number of hydrogen-bond donors (Lipinski definition) is 1. The van der Waals surface area contributed by atoms with Gasteiger partial charge in [0.1, 0.15) is 23.2 Å². The van der Waals surface area contributed by atoms with E-state index in [2.05, 4.69) is 15.3 Å². The molecule has 0 spiro atoms. The molecule has 0 unspecified atom stereocenters. The van der Waals surface area contributed by atoms with Crippen molar-refractivity contribution >= 4 is 46.0 Å². The summed E-state index contributed by atoms with van der Waals surface area (Å²) in [4.78, 5) is 8.63. The summed E-state index contributed by atoms with van der Waals surface area (Å²) >= 11 is 0. The zero-order valence-electron chi connectivity index (χ0n) is 12.3. The average Bonchev–Trinajstić information content (AvgIpc) is 2.95. The standard InChI is InChI=1S/C17H13N3O2.ClH/c1-21-12-8-6-11(7-9-12)20-17-16-15(18-10-19-17)13-4-2-3-5-14(13)22-16;/h2-10H,1H3,(H,18,19,20);1H. The van der Waals surface area contributed by atoms with Crippen molar-refractivity contribution in [3.8, 4) is 5.75 Å². The highest BCUT2D eigenvalue weighted by Crippen LogP contribution is 2.31. The van der Waals surface area contributed by atoms with E-state index in [0.717, 1.165) is 27.9 Å². The fraction of sp³-hybridized carbons (Fsp3) is 0.0588. The lowest BCUT2D eigenvalue weighted by atomic mass is 10.2. The molecule has 0 saturated carbocycles. The molecule has 0 saturated heterocycles. The molecule has 4 rings (SSSR count). The SMILES string of the molecule is COc1ccc(Nc2ncnc3c2oc2ccccc23)cc1.Cl. The van der Waals surface area contributed by atoms with Crippen LogP contribution in [-0.4, -0.2) is 17.1 Å². The van der Waals surface area contributed by atoms with Crippen molar-refractivity contribution in [2.45, 2.75) is 0 Å². The normalized spacial score (nSPS) is 10.5. The number of anilines is 2. The highest BCUT2D eigenvalue weighted by Gasteiger charge is 2.12. The van der Waals surface area contributed by atoms with Gasteiger partial charge in [0.05, 0.1) is 7.11 Å². The highest BCUT2D eigenvalue weighted by molar-refractivity contribution is 6.05. The molecule has 0 fully saturated rings. The van der Waals surface area contributed by atoms with Crippen molar-refractivity contribution in [1.29, 1.82) is 0 Å². The van der Waals surface area contributed by atoms with Gasteiger partial charge in [0.15, 0.2) is 11.4 Å². The van der Waals surface area contributed by atoms with Crippen molar-refractivity contribution in [1.82, 2.24) is 9.97 Å². The van der Waals surface area contributed by atoms with E-state index in [9.17, 15) is 0 Å². The van der Waals surface area contributed by atoms with Crippen LogP contribution in [0.4, 0.5) is 11.5 Å². The molecule has 0 amide bonds. The van der Waals surface area contributed by atoms with E-state index in [0.29, 0.717) is 11.4 Å². The number of para-hydroxylation sites is 1. The second kappa shape index (κ2) is 6.14. The first-order chi connectivity index (χ1) is 10.8. The van der Waals surface area contributed by atoms with E-state index in [-0.39, 0.29) is 12.4 Å². The van der Waals surface area contributed by atoms with Gasteiger partial charge in [0.2, 0.25) is 0 Å². The van der Waals surface area contributed by atoms with Gasteiger partial charge >= 0.3 is 0 Å². The van der Waals surface area contributed by atoms with E-state index in [1.807, 2.05) is 48.5 Å². The number of methoxy groups -OCH3 is 1. The lowest BCUT2D eigenvalue weighted by Gasteiger charge is -2.06. The smallest absolute Gasteiger partial charge is 0.196 e. The first-order valence-corrected chi connectivity index (χ1v) is 6.88. The van der Waals surface area contributed by atoms with Crippen LogP contribution in [-0.2, 0) is 0 Å². The minimum absolute atomic E-state index is 0. The van der Waals surface area contributed by atoms with Crippen molar-refractivity contribution in [2.75, 3.05) is 12.4 Å². The number of nitrogens with zero attached hydrogens (tertiary/aromatic N) is 2. The summed E-state index contributed by atoms with van der Waals surface area (Å²) in [5.74, 6) is 1.45. The predicted octanol–water partition coefficient (Wildman–Crippen LogP) is 4.55. The summed E-state index contributed by atoms with van der Waals surface area (Å²) in [5.41, 5.74) is 3.16. The quantitative estimate of drug-likeness (QED) is 0.598. The van der Waals surface area contributed by atoms with E-state index in [1.54, 1.807) is 7.11 Å². The van der Waals surface area contributed by atoms with Gasteiger partial charge in [-0.1, -0.05) is 12.1 Å². The van der Waals surface area contributed by atoms with E-state index in [4.69, 9.17) is 9.15 Å². The third-order valence-corrected chi connectivity index (χ3v) is 3.51. The highest BCUT2D eigenvalue weighted by atomic mass is 35.5. The molecule has 6 heteroatoms. The molecule has 2 aromatic heterocycles. The van der Waals surface area contributed by atoms with Gasteiger partial charge in [-0.25, -0.2) is 9.97 Å². The van der Waals surface area contributed by atoms with Crippen LogP contribution >= 0.6 is 12.4 Å².